The van der Waals surface area contributed by atoms with Crippen LogP contribution in [0.4, 0.5) is 5.69 Å². The summed E-state index contributed by atoms with van der Waals surface area (Å²) in [7, 11) is -2.31. The molecule has 150 valence electrons. The molecule has 0 amide bonds. The molecule has 0 fully saturated rings. The number of aromatic nitrogens is 2. The van der Waals surface area contributed by atoms with Crippen LogP contribution in [0.15, 0.2) is 57.6 Å². The fourth-order valence-corrected chi connectivity index (χ4v) is 6.37. The molecular weight excluding hydrogens is 430 g/mol. The quantitative estimate of drug-likeness (QED) is 0.384. The molecule has 0 bridgehead atoms. The third kappa shape index (κ3) is 3.48. The number of carbonyl (C=O) groups excluding carboxylic acids is 1. The highest BCUT2D eigenvalue weighted by Gasteiger charge is 2.28. The zero-order valence-corrected chi connectivity index (χ0v) is 17.8. The van der Waals surface area contributed by atoms with Gasteiger partial charge in [0.25, 0.3) is 10.0 Å². The van der Waals surface area contributed by atoms with Gasteiger partial charge in [0.05, 0.1) is 23.4 Å². The molecule has 1 aromatic carbocycles. The number of sulfonamides is 1. The van der Waals surface area contributed by atoms with Gasteiger partial charge >= 0.3 is 0 Å². The van der Waals surface area contributed by atoms with Gasteiger partial charge in [-0.05, 0) is 23.6 Å². The fraction of sp³-hybridized carbons (Fsp3) is 0.158. The number of para-hydroxylation sites is 1. The van der Waals surface area contributed by atoms with Crippen LogP contribution in [0, 0.1) is 0 Å². The largest absolute Gasteiger partial charge is 0.364 e. The Bertz CT molecular complexity index is 1230. The number of nitrogens with zero attached hydrogens (tertiary/aromatic N) is 3. The third-order valence-electron chi connectivity index (χ3n) is 4.36. The van der Waals surface area contributed by atoms with Crippen molar-refractivity contribution in [1.29, 1.82) is 0 Å². The van der Waals surface area contributed by atoms with Gasteiger partial charge in [-0.2, -0.15) is 0 Å². The number of hydrogen-bond acceptors (Lipinski definition) is 7. The molecule has 29 heavy (non-hydrogen) atoms. The Morgan fingerprint density at radius 1 is 1.21 bits per heavy atom. The van der Waals surface area contributed by atoms with Crippen LogP contribution in [0.25, 0.3) is 21.6 Å². The van der Waals surface area contributed by atoms with Gasteiger partial charge in [-0.25, -0.2) is 13.4 Å². The van der Waals surface area contributed by atoms with E-state index < -0.39 is 10.0 Å². The summed E-state index contributed by atoms with van der Waals surface area (Å²) in [6.07, 6.45) is 2.31. The third-order valence-corrected chi connectivity index (χ3v) is 8.31. The van der Waals surface area contributed by atoms with E-state index in [1.54, 1.807) is 36.9 Å². The van der Waals surface area contributed by atoms with E-state index in [1.807, 2.05) is 22.1 Å². The Balaban J connectivity index is 1.98. The Hall–Kier alpha value is -2.53. The first-order valence-electron chi connectivity index (χ1n) is 8.59. The van der Waals surface area contributed by atoms with Gasteiger partial charge in [0, 0.05) is 24.1 Å². The maximum atomic E-state index is 13.3. The minimum absolute atomic E-state index is 0.182. The van der Waals surface area contributed by atoms with Crippen LogP contribution in [0.1, 0.15) is 0 Å². The highest BCUT2D eigenvalue weighted by molar-refractivity contribution is 7.94. The minimum Gasteiger partial charge on any atom is -0.364 e. The summed E-state index contributed by atoms with van der Waals surface area (Å²) in [5.41, 5.74) is 1.91. The molecule has 4 aromatic rings. The zero-order chi connectivity index (χ0) is 20.4. The first kappa shape index (κ1) is 19.8. The van der Waals surface area contributed by atoms with Crippen molar-refractivity contribution < 1.29 is 17.9 Å². The number of fused-ring (bicyclic) bond motifs is 1. The SMILES string of the molecule is COCn1c(-c2nccs2)cc2cccc(N(CC=O)S(=O)(=O)c3cccs3)c21. The summed E-state index contributed by atoms with van der Waals surface area (Å²) in [4.78, 5) is 15.8. The standard InChI is InChI=1S/C19H17N3O4S3/c1-26-13-21-16(19-20-7-11-28-19)12-14-4-2-5-15(18(14)21)22(8-9-23)29(24,25)17-6-3-10-27-17/h2-7,9-12H,8,13H2,1H3. The second kappa shape index (κ2) is 8.07. The molecule has 4 rings (SSSR count). The lowest BCUT2D eigenvalue weighted by Crippen LogP contribution is -2.32. The lowest BCUT2D eigenvalue weighted by molar-refractivity contribution is -0.106. The van der Waals surface area contributed by atoms with Crippen molar-refractivity contribution in [2.45, 2.75) is 10.9 Å². The van der Waals surface area contributed by atoms with Crippen molar-refractivity contribution in [3.8, 4) is 10.7 Å². The molecule has 0 radical (unpaired) electrons. The average molecular weight is 448 g/mol. The highest BCUT2D eigenvalue weighted by atomic mass is 32.2. The maximum Gasteiger partial charge on any atom is 0.274 e. The first-order chi connectivity index (χ1) is 14.1. The van der Waals surface area contributed by atoms with Crippen molar-refractivity contribution in [3.05, 3.63) is 53.4 Å². The van der Waals surface area contributed by atoms with Crippen LogP contribution in [-0.4, -0.2) is 37.9 Å². The lowest BCUT2D eigenvalue weighted by atomic mass is 10.2. The minimum atomic E-state index is -3.89. The van der Waals surface area contributed by atoms with Crippen LogP contribution in [-0.2, 0) is 26.3 Å². The van der Waals surface area contributed by atoms with Crippen molar-refractivity contribution >= 4 is 55.6 Å². The summed E-state index contributed by atoms with van der Waals surface area (Å²) in [6.45, 7) is -0.0759. The van der Waals surface area contributed by atoms with Gasteiger partial charge in [0.2, 0.25) is 0 Å². The van der Waals surface area contributed by atoms with Crippen molar-refractivity contribution in [3.63, 3.8) is 0 Å². The fourth-order valence-electron chi connectivity index (χ4n) is 3.21. The molecule has 0 aliphatic rings. The normalized spacial score (nSPS) is 11.8. The first-order valence-corrected chi connectivity index (χ1v) is 11.8. The molecule has 0 N–H and O–H groups in total. The number of aldehydes is 1. The number of carbonyl (C=O) groups is 1. The predicted molar refractivity (Wildman–Crippen MR) is 115 cm³/mol. The number of hydrogen-bond donors (Lipinski definition) is 0. The Kier molecular flexibility index (Phi) is 5.50. The summed E-state index contributed by atoms with van der Waals surface area (Å²) in [5.74, 6) is 0. The van der Waals surface area contributed by atoms with Crippen LogP contribution < -0.4 is 4.31 Å². The Morgan fingerprint density at radius 3 is 2.72 bits per heavy atom. The molecule has 10 heteroatoms. The van der Waals surface area contributed by atoms with E-state index in [-0.39, 0.29) is 17.5 Å². The molecule has 0 saturated heterocycles. The molecule has 0 atom stereocenters. The van der Waals surface area contributed by atoms with E-state index in [1.165, 1.54) is 17.4 Å². The van der Waals surface area contributed by atoms with Gasteiger partial charge < -0.3 is 14.1 Å². The van der Waals surface area contributed by atoms with Gasteiger partial charge in [-0.15, -0.1) is 22.7 Å². The van der Waals surface area contributed by atoms with E-state index >= 15 is 0 Å². The molecule has 7 nitrogen and oxygen atoms in total. The summed E-state index contributed by atoms with van der Waals surface area (Å²) in [5, 5.41) is 5.21. The monoisotopic (exact) mass is 447 g/mol. The molecule has 0 saturated carbocycles. The number of rotatable bonds is 8. The molecule has 0 spiro atoms. The summed E-state index contributed by atoms with van der Waals surface area (Å²) >= 11 is 2.60. The van der Waals surface area contributed by atoms with Gasteiger partial charge in [0.15, 0.2) is 0 Å². The van der Waals surface area contributed by atoms with Gasteiger partial charge in [-0.1, -0.05) is 18.2 Å². The zero-order valence-electron chi connectivity index (χ0n) is 15.4. The van der Waals surface area contributed by atoms with E-state index in [9.17, 15) is 13.2 Å². The maximum absolute atomic E-state index is 13.3. The van der Waals surface area contributed by atoms with Crippen molar-refractivity contribution in [2.24, 2.45) is 0 Å². The number of methoxy groups -OCH3 is 1. The smallest absolute Gasteiger partial charge is 0.274 e. The van der Waals surface area contributed by atoms with Crippen LogP contribution in [0.3, 0.4) is 0 Å². The number of ether oxygens (including phenoxy) is 1. The van der Waals surface area contributed by atoms with Crippen molar-refractivity contribution in [1.82, 2.24) is 9.55 Å². The lowest BCUT2D eigenvalue weighted by Gasteiger charge is -2.23. The second-order valence-corrected chi connectivity index (χ2v) is 9.99. The van der Waals surface area contributed by atoms with Gasteiger partial charge in [0.1, 0.15) is 22.2 Å². The topological polar surface area (TPSA) is 81.5 Å². The number of thiazole rings is 1. The second-order valence-electron chi connectivity index (χ2n) is 6.06. The van der Waals surface area contributed by atoms with E-state index in [0.717, 1.165) is 31.7 Å². The molecule has 3 heterocycles. The van der Waals surface area contributed by atoms with E-state index in [0.29, 0.717) is 17.5 Å². The van der Waals surface area contributed by atoms with E-state index in [4.69, 9.17) is 4.74 Å². The average Bonchev–Trinajstić information content (AvgIpc) is 3.46. The van der Waals surface area contributed by atoms with Crippen molar-refractivity contribution in [2.75, 3.05) is 18.0 Å². The Morgan fingerprint density at radius 2 is 2.07 bits per heavy atom. The molecule has 0 aliphatic heterocycles. The molecule has 3 aromatic heterocycles. The van der Waals surface area contributed by atoms with Crippen LogP contribution >= 0.6 is 22.7 Å². The number of thiophene rings is 1. The predicted octanol–water partition coefficient (Wildman–Crippen LogP) is 3.82. The molecular formula is C19H17N3O4S3. The number of anilines is 1. The Labute approximate surface area is 175 Å². The summed E-state index contributed by atoms with van der Waals surface area (Å²) in [6, 6.07) is 10.5. The molecule has 0 aliphatic carbocycles. The number of benzene rings is 1. The molecule has 0 unspecified atom stereocenters. The van der Waals surface area contributed by atoms with Crippen LogP contribution in [0.5, 0.6) is 0 Å². The summed E-state index contributed by atoms with van der Waals surface area (Å²) < 4.78 is 35.1. The van der Waals surface area contributed by atoms with Crippen LogP contribution in [0.2, 0.25) is 0 Å². The van der Waals surface area contributed by atoms with E-state index in [2.05, 4.69) is 4.98 Å². The van der Waals surface area contributed by atoms with Gasteiger partial charge in [-0.3, -0.25) is 4.31 Å². The highest BCUT2D eigenvalue weighted by Crippen LogP contribution is 2.37.